The number of carboxylic acid groups (broad SMARTS) is 1. The highest BCUT2D eigenvalue weighted by molar-refractivity contribution is 7.80. The van der Waals surface area contributed by atoms with Gasteiger partial charge in [-0.15, -0.1) is 0 Å². The largest absolute Gasteiger partial charge is 0.480 e. The molecule has 1 saturated heterocycles. The number of carboxylic acids is 1. The lowest BCUT2D eigenvalue weighted by molar-refractivity contribution is -0.144. The molecule has 12 N–H and O–H groups in total. The molecule has 0 aromatic heterocycles. The number of aliphatic carboxylic acids is 1. The van der Waals surface area contributed by atoms with E-state index in [1.54, 1.807) is 13.8 Å². The molecule has 1 fully saturated rings. The van der Waals surface area contributed by atoms with E-state index in [1.165, 1.54) is 11.8 Å². The lowest BCUT2D eigenvalue weighted by Crippen LogP contribution is -2.61. The zero-order valence-corrected chi connectivity index (χ0v) is 27.4. The third-order valence-electron chi connectivity index (χ3n) is 7.04. The van der Waals surface area contributed by atoms with Gasteiger partial charge in [-0.1, -0.05) is 13.8 Å². The summed E-state index contributed by atoms with van der Waals surface area (Å²) in [5.74, 6) is -5.65. The Morgan fingerprint density at radius 1 is 0.911 bits per heavy atom. The second-order valence-electron chi connectivity index (χ2n) is 11.0. The molecule has 1 heterocycles. The quantitative estimate of drug-likeness (QED) is 0.0290. The van der Waals surface area contributed by atoms with Crippen LogP contribution in [-0.2, 0) is 28.8 Å². The van der Waals surface area contributed by atoms with E-state index in [2.05, 4.69) is 51.5 Å². The van der Waals surface area contributed by atoms with E-state index in [0.717, 1.165) is 0 Å². The number of nitrogens with zero attached hydrogens (tertiary/aromatic N) is 2. The summed E-state index contributed by atoms with van der Waals surface area (Å²) >= 11 is 7.91. The molecule has 0 bridgehead atoms. The van der Waals surface area contributed by atoms with E-state index >= 15 is 0 Å². The molecule has 1 aliphatic rings. The highest BCUT2D eigenvalue weighted by Crippen LogP contribution is 2.20. The maximum absolute atomic E-state index is 13.5. The van der Waals surface area contributed by atoms with E-state index in [-0.39, 0.29) is 49.8 Å². The maximum Gasteiger partial charge on any atom is 0.327 e. The molecule has 1 aliphatic heterocycles. The van der Waals surface area contributed by atoms with Gasteiger partial charge >= 0.3 is 5.97 Å². The van der Waals surface area contributed by atoms with Gasteiger partial charge in [0.25, 0.3) is 0 Å². The van der Waals surface area contributed by atoms with Crippen LogP contribution in [0.1, 0.15) is 46.5 Å². The summed E-state index contributed by atoms with van der Waals surface area (Å²) in [5.41, 5.74) is 16.4. The lowest BCUT2D eigenvalue weighted by Gasteiger charge is -2.31. The SMILES string of the molecule is CC(C)[C@H](NC(=O)[C@H](CCCN=C(N)N)NC(=O)[C@@H]1CCCN1C(=O)[C@@H](NC(=O)[C@@H](N)CS)[C@@H](C)O)C(=O)N[C@@H](CS)C(=O)O. The molecule has 7 atom stereocenters. The minimum atomic E-state index is -1.38. The van der Waals surface area contributed by atoms with Gasteiger partial charge in [-0.25, -0.2) is 4.79 Å². The van der Waals surface area contributed by atoms with Gasteiger partial charge in [-0.05, 0) is 38.5 Å². The summed E-state index contributed by atoms with van der Waals surface area (Å²) in [6.07, 6.45) is -0.329. The number of nitrogens with two attached hydrogens (primary N) is 3. The first kappa shape index (κ1) is 39.7. The normalized spacial score (nSPS) is 18.5. The molecule has 0 radical (unpaired) electrons. The summed E-state index contributed by atoms with van der Waals surface area (Å²) in [6, 6.07) is -7.07. The number of hydrogen-bond donors (Lipinski definition) is 11. The standard InChI is InChI=1S/C26H47N9O8S2/c1-12(2)18(23(40)32-16(11-45)25(42)43)33-21(38)15(6-4-8-30-26(28)29)31-22(39)17-7-5-9-35(17)24(41)19(13(3)36)34-20(37)14(27)10-44/h12-19,36,44-45H,4-11,27H2,1-3H3,(H,31,39)(H,32,40)(H,33,38)(H,34,37)(H,42,43)(H4,28,29,30)/t13-,14+,15+,16+,17+,18+,19+/m1/s1. The molecule has 0 spiro atoms. The van der Waals surface area contributed by atoms with Gasteiger partial charge in [0.15, 0.2) is 5.96 Å². The first-order valence-electron chi connectivity index (χ1n) is 14.5. The van der Waals surface area contributed by atoms with Crippen LogP contribution in [-0.4, -0.2) is 124 Å². The fourth-order valence-electron chi connectivity index (χ4n) is 4.49. The van der Waals surface area contributed by atoms with E-state index in [0.29, 0.717) is 6.42 Å². The Labute approximate surface area is 273 Å². The number of aliphatic hydroxyl groups is 1. The molecule has 0 unspecified atom stereocenters. The maximum atomic E-state index is 13.5. The monoisotopic (exact) mass is 677 g/mol. The highest BCUT2D eigenvalue weighted by Gasteiger charge is 2.41. The summed E-state index contributed by atoms with van der Waals surface area (Å²) in [4.78, 5) is 82.1. The molecular formula is C26H47N9O8S2. The van der Waals surface area contributed by atoms with Crippen molar-refractivity contribution >= 4 is 66.7 Å². The first-order chi connectivity index (χ1) is 21.0. The zero-order valence-electron chi connectivity index (χ0n) is 25.6. The van der Waals surface area contributed by atoms with Gasteiger partial charge in [0.2, 0.25) is 29.5 Å². The minimum absolute atomic E-state index is 0.00257. The predicted octanol–water partition coefficient (Wildman–Crippen LogP) is -3.72. The summed E-state index contributed by atoms with van der Waals surface area (Å²) in [7, 11) is 0. The number of guanidine groups is 1. The fraction of sp³-hybridized carbons (Fsp3) is 0.731. The number of thiol groups is 2. The van der Waals surface area contributed by atoms with Crippen molar-refractivity contribution in [1.29, 1.82) is 0 Å². The average molecular weight is 678 g/mol. The molecule has 17 nitrogen and oxygen atoms in total. The summed E-state index contributed by atoms with van der Waals surface area (Å²) in [5, 5.41) is 29.5. The van der Waals surface area contributed by atoms with Crippen LogP contribution in [0, 0.1) is 5.92 Å². The van der Waals surface area contributed by atoms with Crippen LogP contribution in [0.4, 0.5) is 0 Å². The third-order valence-corrected chi connectivity index (χ3v) is 7.80. The molecule has 0 aromatic carbocycles. The van der Waals surface area contributed by atoms with Crippen molar-refractivity contribution in [2.24, 2.45) is 28.1 Å². The fourth-order valence-corrected chi connectivity index (χ4v) is 4.90. The van der Waals surface area contributed by atoms with Crippen molar-refractivity contribution in [3.05, 3.63) is 0 Å². The number of hydrogen-bond acceptors (Lipinski definition) is 11. The van der Waals surface area contributed by atoms with Crippen molar-refractivity contribution in [3.63, 3.8) is 0 Å². The molecule has 1 rings (SSSR count). The molecule has 45 heavy (non-hydrogen) atoms. The van der Waals surface area contributed by atoms with Gasteiger partial charge in [0.05, 0.1) is 12.1 Å². The number of aliphatic hydroxyl groups excluding tert-OH is 1. The molecule has 19 heteroatoms. The summed E-state index contributed by atoms with van der Waals surface area (Å²) in [6.45, 7) is 4.90. The molecular weight excluding hydrogens is 630 g/mol. The molecule has 0 saturated carbocycles. The average Bonchev–Trinajstić information content (AvgIpc) is 3.47. The molecule has 0 aromatic rings. The second kappa shape index (κ2) is 19.3. The number of carbonyl (C=O) groups excluding carboxylic acids is 5. The van der Waals surface area contributed by atoms with E-state index in [1.807, 2.05) is 0 Å². The van der Waals surface area contributed by atoms with Crippen LogP contribution >= 0.6 is 25.3 Å². The van der Waals surface area contributed by atoms with E-state index in [4.69, 9.17) is 17.2 Å². The van der Waals surface area contributed by atoms with Crippen LogP contribution in [0.3, 0.4) is 0 Å². The van der Waals surface area contributed by atoms with Gasteiger partial charge in [0.1, 0.15) is 30.2 Å². The van der Waals surface area contributed by atoms with Crippen molar-refractivity contribution < 1.29 is 39.0 Å². The van der Waals surface area contributed by atoms with Crippen LogP contribution in [0.25, 0.3) is 0 Å². The number of amides is 5. The van der Waals surface area contributed by atoms with Crippen LogP contribution in [0.5, 0.6) is 0 Å². The highest BCUT2D eigenvalue weighted by atomic mass is 32.1. The number of aliphatic imine (C=N–C) groups is 1. The smallest absolute Gasteiger partial charge is 0.327 e. The molecule has 256 valence electrons. The molecule has 5 amide bonds. The third kappa shape index (κ3) is 12.6. The van der Waals surface area contributed by atoms with Crippen LogP contribution < -0.4 is 38.5 Å². The van der Waals surface area contributed by atoms with Gasteiger partial charge in [0, 0.05) is 24.6 Å². The number of carbonyl (C=O) groups is 6. The topological polar surface area (TPSA) is 285 Å². The van der Waals surface area contributed by atoms with Crippen molar-refractivity contribution in [3.8, 4) is 0 Å². The van der Waals surface area contributed by atoms with E-state index < -0.39 is 83.8 Å². The first-order valence-corrected chi connectivity index (χ1v) is 15.8. The number of likely N-dealkylation sites (tertiary alicyclic amines) is 1. The Bertz CT molecular complexity index is 1090. The summed E-state index contributed by atoms with van der Waals surface area (Å²) < 4.78 is 0. The Morgan fingerprint density at radius 3 is 2.04 bits per heavy atom. The second-order valence-corrected chi connectivity index (χ2v) is 11.8. The van der Waals surface area contributed by atoms with Gasteiger partial charge in [-0.3, -0.25) is 29.0 Å². The van der Waals surface area contributed by atoms with Crippen LogP contribution in [0.2, 0.25) is 0 Å². The number of rotatable bonds is 18. The zero-order chi connectivity index (χ0) is 34.4. The van der Waals surface area contributed by atoms with Crippen molar-refractivity contribution in [1.82, 2.24) is 26.2 Å². The Morgan fingerprint density at radius 2 is 1.53 bits per heavy atom. The van der Waals surface area contributed by atoms with Gasteiger partial charge < -0.3 is 53.6 Å². The van der Waals surface area contributed by atoms with E-state index in [9.17, 15) is 39.0 Å². The Kier molecular flexibility index (Phi) is 17.0. The number of nitrogens with one attached hydrogen (secondary N) is 4. The Hall–Kier alpha value is -3.29. The minimum Gasteiger partial charge on any atom is -0.480 e. The van der Waals surface area contributed by atoms with Crippen molar-refractivity contribution in [2.75, 3.05) is 24.6 Å². The Balaban J connectivity index is 3.18. The van der Waals surface area contributed by atoms with Gasteiger partial charge in [-0.2, -0.15) is 25.3 Å². The molecule has 0 aliphatic carbocycles. The lowest BCUT2D eigenvalue weighted by atomic mass is 10.0. The van der Waals surface area contributed by atoms with Crippen LogP contribution in [0.15, 0.2) is 4.99 Å². The van der Waals surface area contributed by atoms with Crippen molar-refractivity contribution in [2.45, 2.75) is 88.8 Å². The predicted molar refractivity (Wildman–Crippen MR) is 172 cm³/mol.